The van der Waals surface area contributed by atoms with Crippen molar-refractivity contribution in [3.63, 3.8) is 0 Å². The van der Waals surface area contributed by atoms with Crippen LogP contribution in [-0.4, -0.2) is 17.3 Å². The molecule has 1 aliphatic carbocycles. The van der Waals surface area contributed by atoms with Gasteiger partial charge in [-0.1, -0.05) is 123 Å². The Morgan fingerprint density at radius 2 is 1.40 bits per heavy atom. The first-order chi connectivity index (χ1) is 23.5. The van der Waals surface area contributed by atoms with Crippen LogP contribution in [0.15, 0.2) is 145 Å². The topological polar surface area (TPSA) is 20.5 Å². The number of aromatic nitrogens is 1. The summed E-state index contributed by atoms with van der Waals surface area (Å²) in [4.78, 5) is 8.99. The minimum absolute atomic E-state index is 0.0931. The lowest BCUT2D eigenvalue weighted by molar-refractivity contribution is 0.666. The van der Waals surface area contributed by atoms with Gasteiger partial charge in [-0.25, -0.2) is 0 Å². The monoisotopic (exact) mass is 635 g/mol. The molecule has 0 N–H and O–H groups in total. The van der Waals surface area contributed by atoms with Crippen molar-refractivity contribution in [3.8, 4) is 16.8 Å². The third-order valence-electron chi connectivity index (χ3n) is 10.6. The van der Waals surface area contributed by atoms with Crippen LogP contribution in [0.25, 0.3) is 48.7 Å². The highest BCUT2D eigenvalue weighted by Gasteiger charge is 2.38. The maximum atomic E-state index is 5.41. The van der Waals surface area contributed by atoms with Gasteiger partial charge in [-0.2, -0.15) is 0 Å². The Labute approximate surface area is 284 Å². The van der Waals surface area contributed by atoms with E-state index < -0.39 is 0 Å². The quantitative estimate of drug-likeness (QED) is 0.189. The molecule has 0 saturated heterocycles. The van der Waals surface area contributed by atoms with Gasteiger partial charge in [-0.05, 0) is 58.1 Å². The highest BCUT2D eigenvalue weighted by Crippen LogP contribution is 2.53. The summed E-state index contributed by atoms with van der Waals surface area (Å²) in [7, 11) is 2.19. The number of hydrogen-bond acceptors (Lipinski definition) is 3. The number of benzene rings is 6. The average Bonchev–Trinajstić information content (AvgIpc) is 3.75. The Hall–Kier alpha value is -5.45. The van der Waals surface area contributed by atoms with E-state index in [-0.39, 0.29) is 11.6 Å². The summed E-state index contributed by atoms with van der Waals surface area (Å²) < 4.78 is 3.74. The summed E-state index contributed by atoms with van der Waals surface area (Å²) in [5.74, 6) is 0. The van der Waals surface area contributed by atoms with E-state index in [1.807, 2.05) is 11.3 Å². The second-order valence-electron chi connectivity index (χ2n) is 13.6. The summed E-state index contributed by atoms with van der Waals surface area (Å²) in [5, 5.41) is 3.93. The molecule has 10 rings (SSSR count). The van der Waals surface area contributed by atoms with Crippen LogP contribution in [0.5, 0.6) is 0 Å². The number of thiophene rings is 1. The van der Waals surface area contributed by atoms with Crippen LogP contribution < -0.4 is 4.90 Å². The van der Waals surface area contributed by atoms with E-state index in [1.54, 1.807) is 0 Å². The van der Waals surface area contributed by atoms with Gasteiger partial charge in [0.15, 0.2) is 0 Å². The molecule has 0 amide bonds. The maximum Gasteiger partial charge on any atom is 0.147 e. The van der Waals surface area contributed by atoms with Crippen molar-refractivity contribution in [2.24, 2.45) is 4.99 Å². The number of anilines is 1. The van der Waals surface area contributed by atoms with Gasteiger partial charge in [0.1, 0.15) is 6.17 Å². The second kappa shape index (κ2) is 10.0. The summed E-state index contributed by atoms with van der Waals surface area (Å²) in [6, 6.07) is 50.9. The van der Waals surface area contributed by atoms with E-state index in [0.717, 1.165) is 11.3 Å². The Morgan fingerprint density at radius 1 is 0.667 bits per heavy atom. The number of rotatable bonds is 3. The van der Waals surface area contributed by atoms with Crippen LogP contribution in [0, 0.1) is 0 Å². The standard InChI is InChI=1S/C44H33N3S/c1-44(2)34-20-12-10-18-30(34)31-24-25-36-38(39(31)44)32-19-11-13-21-35(32)47(36)29-22-23-33-37(26-29)48-42-40(27-14-6-4-7-15-27)45-43(46(3)41(33)42)28-16-8-5-9-17-28/h4-26,43H,1-3H3. The molecule has 48 heavy (non-hydrogen) atoms. The van der Waals surface area contributed by atoms with E-state index in [4.69, 9.17) is 4.99 Å². The fourth-order valence-electron chi connectivity index (χ4n) is 8.45. The molecule has 1 atom stereocenters. The van der Waals surface area contributed by atoms with Crippen molar-refractivity contribution in [2.45, 2.75) is 25.4 Å². The van der Waals surface area contributed by atoms with Gasteiger partial charge in [-0.3, -0.25) is 4.99 Å². The fraction of sp³-hybridized carbons (Fsp3) is 0.114. The van der Waals surface area contributed by atoms with Crippen molar-refractivity contribution in [3.05, 3.63) is 167 Å². The minimum atomic E-state index is -0.0988. The molecular weight excluding hydrogens is 603 g/mol. The molecule has 0 bridgehead atoms. The first-order valence-electron chi connectivity index (χ1n) is 16.7. The minimum Gasteiger partial charge on any atom is -0.347 e. The number of hydrogen-bond donors (Lipinski definition) is 0. The molecule has 0 saturated carbocycles. The molecule has 230 valence electrons. The van der Waals surface area contributed by atoms with Crippen LogP contribution in [-0.2, 0) is 5.41 Å². The lowest BCUT2D eigenvalue weighted by Crippen LogP contribution is -2.29. The van der Waals surface area contributed by atoms with Crippen LogP contribution >= 0.6 is 11.3 Å². The van der Waals surface area contributed by atoms with Crippen molar-refractivity contribution in [2.75, 3.05) is 11.9 Å². The van der Waals surface area contributed by atoms with Crippen LogP contribution in [0.2, 0.25) is 0 Å². The first-order valence-corrected chi connectivity index (χ1v) is 17.5. The van der Waals surface area contributed by atoms with Gasteiger partial charge < -0.3 is 9.47 Å². The molecule has 0 fully saturated rings. The smallest absolute Gasteiger partial charge is 0.147 e. The van der Waals surface area contributed by atoms with E-state index in [0.29, 0.717) is 0 Å². The maximum absolute atomic E-state index is 5.41. The zero-order chi connectivity index (χ0) is 32.1. The summed E-state index contributed by atoms with van der Waals surface area (Å²) in [5.41, 5.74) is 13.8. The molecular formula is C44H33N3S. The van der Waals surface area contributed by atoms with Crippen molar-refractivity contribution in [1.82, 2.24) is 4.57 Å². The van der Waals surface area contributed by atoms with Gasteiger partial charge in [0.25, 0.3) is 0 Å². The Morgan fingerprint density at radius 3 is 2.23 bits per heavy atom. The van der Waals surface area contributed by atoms with E-state index >= 15 is 0 Å². The van der Waals surface area contributed by atoms with Gasteiger partial charge in [0, 0.05) is 44.6 Å². The van der Waals surface area contributed by atoms with E-state index in [9.17, 15) is 0 Å². The number of nitrogens with zero attached hydrogens (tertiary/aromatic N) is 3. The van der Waals surface area contributed by atoms with Gasteiger partial charge in [-0.15, -0.1) is 11.3 Å². The van der Waals surface area contributed by atoms with E-state index in [2.05, 4.69) is 170 Å². The summed E-state index contributed by atoms with van der Waals surface area (Å²) in [6.07, 6.45) is -0.0988. The van der Waals surface area contributed by atoms with Crippen LogP contribution in [0.3, 0.4) is 0 Å². The molecule has 3 nitrogen and oxygen atoms in total. The van der Waals surface area contributed by atoms with Crippen molar-refractivity contribution in [1.29, 1.82) is 0 Å². The zero-order valence-corrected chi connectivity index (χ0v) is 27.9. The zero-order valence-electron chi connectivity index (χ0n) is 27.1. The highest BCUT2D eigenvalue weighted by molar-refractivity contribution is 7.22. The molecule has 4 heteroatoms. The summed E-state index contributed by atoms with van der Waals surface area (Å²) >= 11 is 1.85. The third-order valence-corrected chi connectivity index (χ3v) is 11.7. The fourth-order valence-corrected chi connectivity index (χ4v) is 9.74. The molecule has 1 unspecified atom stereocenters. The third kappa shape index (κ3) is 3.72. The molecule has 0 radical (unpaired) electrons. The SMILES string of the molecule is CN1c2c(sc3cc(-n4c5ccccc5c5c6c(ccc54)-c4ccccc4C6(C)C)ccc23)C(c2ccccc2)=NC1c1ccccc1. The van der Waals surface area contributed by atoms with Crippen molar-refractivity contribution < 1.29 is 0 Å². The molecule has 1 aliphatic heterocycles. The number of fused-ring (bicyclic) bond motifs is 10. The lowest BCUT2D eigenvalue weighted by Gasteiger charge is -2.33. The molecule has 0 spiro atoms. The molecule has 3 heterocycles. The highest BCUT2D eigenvalue weighted by atomic mass is 32.1. The van der Waals surface area contributed by atoms with Crippen molar-refractivity contribution >= 4 is 54.6 Å². The predicted octanol–water partition coefficient (Wildman–Crippen LogP) is 11.3. The second-order valence-corrected chi connectivity index (χ2v) is 14.7. The Balaban J connectivity index is 1.20. The number of para-hydroxylation sites is 1. The van der Waals surface area contributed by atoms with Gasteiger partial charge >= 0.3 is 0 Å². The van der Waals surface area contributed by atoms with Crippen LogP contribution in [0.4, 0.5) is 5.69 Å². The molecule has 8 aromatic rings. The summed E-state index contributed by atoms with van der Waals surface area (Å²) in [6.45, 7) is 4.77. The largest absolute Gasteiger partial charge is 0.347 e. The van der Waals surface area contributed by atoms with Gasteiger partial charge in [0.05, 0.1) is 27.3 Å². The normalized spacial score (nSPS) is 16.3. The Kier molecular flexibility index (Phi) is 5.77. The first kappa shape index (κ1) is 27.6. The Bertz CT molecular complexity index is 2610. The predicted molar refractivity (Wildman–Crippen MR) is 203 cm³/mol. The molecule has 2 aromatic heterocycles. The average molecular weight is 636 g/mol. The molecule has 2 aliphatic rings. The molecule has 6 aromatic carbocycles. The lowest BCUT2D eigenvalue weighted by atomic mass is 9.80. The van der Waals surface area contributed by atoms with Crippen LogP contribution in [0.1, 0.15) is 47.1 Å². The number of aliphatic imine (C=N–C) groups is 1. The van der Waals surface area contributed by atoms with Gasteiger partial charge in [0.2, 0.25) is 0 Å². The van der Waals surface area contributed by atoms with E-state index in [1.165, 1.54) is 76.0 Å².